The Morgan fingerprint density at radius 3 is 2.48 bits per heavy atom. The number of nitrogens with one attached hydrogen (secondary N) is 1. The highest BCUT2D eigenvalue weighted by atomic mass is 35.5. The van der Waals surface area contributed by atoms with E-state index in [1.807, 2.05) is 0 Å². The van der Waals surface area contributed by atoms with Gasteiger partial charge in [-0.15, -0.1) is 0 Å². The molecule has 2 rings (SSSR count). The smallest absolute Gasteiger partial charge is 0.258 e. The zero-order chi connectivity index (χ0) is 16.8. The van der Waals surface area contributed by atoms with Crippen molar-refractivity contribution in [3.63, 3.8) is 0 Å². The maximum absolute atomic E-state index is 13.5. The highest BCUT2D eigenvalue weighted by Crippen LogP contribution is 2.23. The first-order valence-corrected chi connectivity index (χ1v) is 7.13. The summed E-state index contributed by atoms with van der Waals surface area (Å²) in [4.78, 5) is 11.7. The summed E-state index contributed by atoms with van der Waals surface area (Å²) in [7, 11) is 0. The van der Waals surface area contributed by atoms with Crippen molar-refractivity contribution >= 4 is 17.5 Å². The predicted molar refractivity (Wildman–Crippen MR) is 81.3 cm³/mol. The van der Waals surface area contributed by atoms with E-state index in [9.17, 15) is 18.7 Å². The molecule has 7 heteroatoms. The third-order valence-electron chi connectivity index (χ3n) is 3.02. The van der Waals surface area contributed by atoms with E-state index in [1.54, 1.807) is 24.3 Å². The van der Waals surface area contributed by atoms with Gasteiger partial charge in [-0.3, -0.25) is 4.79 Å². The van der Waals surface area contributed by atoms with Crippen LogP contribution in [0.15, 0.2) is 42.5 Å². The molecule has 122 valence electrons. The normalized spacial score (nSPS) is 11.8. The Morgan fingerprint density at radius 2 is 1.83 bits per heavy atom. The lowest BCUT2D eigenvalue weighted by Gasteiger charge is -2.14. The molecule has 0 aromatic heterocycles. The van der Waals surface area contributed by atoms with Gasteiger partial charge in [0.05, 0.1) is 10.6 Å². The Morgan fingerprint density at radius 1 is 1.17 bits per heavy atom. The molecule has 23 heavy (non-hydrogen) atoms. The second kappa shape index (κ2) is 7.89. The van der Waals surface area contributed by atoms with Crippen LogP contribution in [-0.2, 0) is 4.79 Å². The van der Waals surface area contributed by atoms with Crippen LogP contribution in [0.1, 0.15) is 11.7 Å². The number of amides is 1. The average Bonchev–Trinajstić information content (AvgIpc) is 2.52. The number of aliphatic hydroxyl groups excluding tert-OH is 1. The van der Waals surface area contributed by atoms with E-state index in [-0.39, 0.29) is 13.2 Å². The van der Waals surface area contributed by atoms with Crippen LogP contribution in [0.25, 0.3) is 0 Å². The van der Waals surface area contributed by atoms with Gasteiger partial charge in [-0.25, -0.2) is 8.78 Å². The monoisotopic (exact) mass is 341 g/mol. The fourth-order valence-electron chi connectivity index (χ4n) is 1.90. The van der Waals surface area contributed by atoms with E-state index >= 15 is 0 Å². The summed E-state index contributed by atoms with van der Waals surface area (Å²) in [6.45, 7) is -0.682. The minimum atomic E-state index is -1.50. The topological polar surface area (TPSA) is 58.6 Å². The fourth-order valence-corrected chi connectivity index (χ4v) is 2.09. The van der Waals surface area contributed by atoms with Crippen molar-refractivity contribution in [1.29, 1.82) is 0 Å². The van der Waals surface area contributed by atoms with Crippen LogP contribution in [-0.4, -0.2) is 24.2 Å². The van der Waals surface area contributed by atoms with Crippen LogP contribution >= 0.6 is 11.6 Å². The van der Waals surface area contributed by atoms with Gasteiger partial charge in [0.1, 0.15) is 23.5 Å². The summed E-state index contributed by atoms with van der Waals surface area (Å²) >= 11 is 5.87. The number of carbonyl (C=O) groups is 1. The summed E-state index contributed by atoms with van der Waals surface area (Å²) in [5.41, 5.74) is -0.486. The number of ether oxygens (including phenoxy) is 1. The lowest BCUT2D eigenvalue weighted by atomic mass is 10.1. The third-order valence-corrected chi connectivity index (χ3v) is 3.33. The molecular formula is C16H14ClF2NO3. The van der Waals surface area contributed by atoms with Gasteiger partial charge in [0.2, 0.25) is 0 Å². The van der Waals surface area contributed by atoms with E-state index in [0.717, 1.165) is 12.1 Å². The minimum Gasteiger partial charge on any atom is -0.482 e. The van der Waals surface area contributed by atoms with Crippen LogP contribution in [0, 0.1) is 11.6 Å². The van der Waals surface area contributed by atoms with Gasteiger partial charge in [0.25, 0.3) is 5.91 Å². The molecule has 0 aliphatic heterocycles. The van der Waals surface area contributed by atoms with Crippen LogP contribution < -0.4 is 10.1 Å². The van der Waals surface area contributed by atoms with Crippen LogP contribution in [0.3, 0.4) is 0 Å². The third kappa shape index (κ3) is 4.64. The molecule has 0 saturated carbocycles. The molecule has 2 aromatic carbocycles. The van der Waals surface area contributed by atoms with Crippen molar-refractivity contribution in [2.45, 2.75) is 6.10 Å². The van der Waals surface area contributed by atoms with E-state index in [4.69, 9.17) is 16.3 Å². The van der Waals surface area contributed by atoms with Gasteiger partial charge in [0.15, 0.2) is 6.61 Å². The molecule has 2 N–H and O–H groups in total. The van der Waals surface area contributed by atoms with Gasteiger partial charge in [-0.05, 0) is 24.3 Å². The van der Waals surface area contributed by atoms with Crippen molar-refractivity contribution in [2.75, 3.05) is 13.2 Å². The molecule has 0 heterocycles. The summed E-state index contributed by atoms with van der Waals surface area (Å²) in [5, 5.41) is 12.5. The highest BCUT2D eigenvalue weighted by molar-refractivity contribution is 6.32. The van der Waals surface area contributed by atoms with Crippen LogP contribution in [0.4, 0.5) is 8.78 Å². The zero-order valence-electron chi connectivity index (χ0n) is 11.9. The molecule has 1 unspecified atom stereocenters. The van der Waals surface area contributed by atoms with E-state index in [1.165, 1.54) is 6.07 Å². The first-order valence-electron chi connectivity index (χ1n) is 6.75. The highest BCUT2D eigenvalue weighted by Gasteiger charge is 2.18. The van der Waals surface area contributed by atoms with Gasteiger partial charge in [-0.2, -0.15) is 0 Å². The number of aliphatic hydroxyl groups is 1. The van der Waals surface area contributed by atoms with Gasteiger partial charge in [-0.1, -0.05) is 29.8 Å². The largest absolute Gasteiger partial charge is 0.482 e. The Bertz CT molecular complexity index is 677. The minimum absolute atomic E-state index is 0.337. The number of para-hydroxylation sites is 1. The molecule has 4 nitrogen and oxygen atoms in total. The van der Waals surface area contributed by atoms with E-state index in [0.29, 0.717) is 10.8 Å². The summed E-state index contributed by atoms with van der Waals surface area (Å²) in [5.74, 6) is -1.97. The molecule has 1 atom stereocenters. The Kier molecular flexibility index (Phi) is 5.90. The number of halogens is 3. The number of hydrogen-bond donors (Lipinski definition) is 2. The fraction of sp³-hybridized carbons (Fsp3) is 0.188. The van der Waals surface area contributed by atoms with E-state index in [2.05, 4.69) is 5.32 Å². The Labute approximate surface area is 136 Å². The first-order chi connectivity index (χ1) is 11.0. The molecule has 0 aliphatic carbocycles. The van der Waals surface area contributed by atoms with Crippen LogP contribution in [0.5, 0.6) is 5.75 Å². The summed E-state index contributed by atoms with van der Waals surface area (Å²) in [6, 6.07) is 9.88. The summed E-state index contributed by atoms with van der Waals surface area (Å²) in [6.07, 6.45) is -1.50. The van der Waals surface area contributed by atoms with Crippen molar-refractivity contribution in [2.24, 2.45) is 0 Å². The van der Waals surface area contributed by atoms with Crippen LogP contribution in [0.2, 0.25) is 5.02 Å². The zero-order valence-corrected chi connectivity index (χ0v) is 12.7. The quantitative estimate of drug-likeness (QED) is 0.849. The Balaban J connectivity index is 1.86. The first kappa shape index (κ1) is 17.2. The SMILES string of the molecule is O=C(COc1ccccc1Cl)NCC(O)c1c(F)cccc1F. The molecule has 0 fully saturated rings. The van der Waals surface area contributed by atoms with Crippen molar-refractivity contribution in [3.05, 3.63) is 64.7 Å². The standard InChI is InChI=1S/C16H14ClF2NO3/c17-10-4-1-2-7-14(10)23-9-15(22)20-8-13(21)16-11(18)5-3-6-12(16)19/h1-7,13,21H,8-9H2,(H,20,22). The molecule has 0 saturated heterocycles. The number of rotatable bonds is 6. The lowest BCUT2D eigenvalue weighted by Crippen LogP contribution is -2.33. The van der Waals surface area contributed by atoms with Crippen molar-refractivity contribution in [1.82, 2.24) is 5.32 Å². The molecule has 0 bridgehead atoms. The van der Waals surface area contributed by atoms with Gasteiger partial charge >= 0.3 is 0 Å². The van der Waals surface area contributed by atoms with Gasteiger partial charge < -0.3 is 15.2 Å². The molecule has 1 amide bonds. The molecule has 0 radical (unpaired) electrons. The Hall–Kier alpha value is -2.18. The molecule has 2 aromatic rings. The molecule has 0 spiro atoms. The number of benzene rings is 2. The van der Waals surface area contributed by atoms with Crippen molar-refractivity contribution in [3.8, 4) is 5.75 Å². The van der Waals surface area contributed by atoms with E-state index < -0.39 is 29.2 Å². The number of hydrogen-bond acceptors (Lipinski definition) is 3. The molecular weight excluding hydrogens is 328 g/mol. The number of carbonyl (C=O) groups excluding carboxylic acids is 1. The average molecular weight is 342 g/mol. The second-order valence-corrected chi connectivity index (χ2v) is 5.08. The van der Waals surface area contributed by atoms with Gasteiger partial charge in [0, 0.05) is 6.54 Å². The second-order valence-electron chi connectivity index (χ2n) is 4.67. The summed E-state index contributed by atoms with van der Waals surface area (Å²) < 4.78 is 32.2. The predicted octanol–water partition coefficient (Wildman–Crippen LogP) is 2.85. The maximum atomic E-state index is 13.5. The van der Waals surface area contributed by atoms with Crippen molar-refractivity contribution < 1.29 is 23.4 Å². The maximum Gasteiger partial charge on any atom is 0.258 e. The lowest BCUT2D eigenvalue weighted by molar-refractivity contribution is -0.123. The molecule has 0 aliphatic rings.